The van der Waals surface area contributed by atoms with Crippen LogP contribution in [0.1, 0.15) is 10.4 Å². The third-order valence-electron chi connectivity index (χ3n) is 2.63. The highest BCUT2D eigenvalue weighted by molar-refractivity contribution is 6.33. The first-order chi connectivity index (χ1) is 9.02. The second-order valence-electron chi connectivity index (χ2n) is 3.81. The summed E-state index contributed by atoms with van der Waals surface area (Å²) in [6, 6.07) is 6.54. The lowest BCUT2D eigenvalue weighted by Crippen LogP contribution is -2.04. The lowest BCUT2D eigenvalue weighted by molar-refractivity contribution is 0.0697. The summed E-state index contributed by atoms with van der Waals surface area (Å²) in [5.41, 5.74) is 6.65. The van der Waals surface area contributed by atoms with E-state index in [0.29, 0.717) is 21.9 Å². The molecule has 0 aliphatic carbocycles. The van der Waals surface area contributed by atoms with Crippen LogP contribution < -0.4 is 10.5 Å². The molecule has 0 fully saturated rings. The van der Waals surface area contributed by atoms with Gasteiger partial charge in [0.2, 0.25) is 0 Å². The fraction of sp³-hybridized carbons (Fsp3) is 0.0769. The quantitative estimate of drug-likeness (QED) is 0.901. The van der Waals surface area contributed by atoms with Crippen molar-refractivity contribution in [1.82, 2.24) is 4.98 Å². The zero-order chi connectivity index (χ0) is 14.0. The second-order valence-corrected chi connectivity index (χ2v) is 4.21. The highest BCUT2D eigenvalue weighted by atomic mass is 35.5. The zero-order valence-electron chi connectivity index (χ0n) is 10.1. The highest BCUT2D eigenvalue weighted by Crippen LogP contribution is 2.32. The Morgan fingerprint density at radius 2 is 2.16 bits per heavy atom. The second kappa shape index (κ2) is 5.16. The number of ether oxygens (including phenoxy) is 1. The lowest BCUT2D eigenvalue weighted by Gasteiger charge is -2.08. The molecule has 3 N–H and O–H groups in total. The van der Waals surface area contributed by atoms with Gasteiger partial charge in [0.05, 0.1) is 7.11 Å². The van der Waals surface area contributed by atoms with Gasteiger partial charge in [0, 0.05) is 22.3 Å². The number of carbonyl (C=O) groups is 1. The van der Waals surface area contributed by atoms with Gasteiger partial charge in [0.1, 0.15) is 17.1 Å². The standard InChI is InChI=1S/C13H11ClN2O3/c1-19-8-2-3-11(14)9(5-8)7-4-10(13(17)18)12(15)16-6-7/h2-6H,1H3,(H2,15,16)(H,17,18). The molecule has 0 unspecified atom stereocenters. The molecule has 0 saturated heterocycles. The fourth-order valence-corrected chi connectivity index (χ4v) is 1.87. The van der Waals surface area contributed by atoms with Crippen molar-refractivity contribution >= 4 is 23.4 Å². The molecule has 1 aromatic heterocycles. The maximum atomic E-state index is 11.0. The van der Waals surface area contributed by atoms with E-state index in [1.165, 1.54) is 19.4 Å². The maximum Gasteiger partial charge on any atom is 0.339 e. The number of aromatic nitrogens is 1. The number of methoxy groups -OCH3 is 1. The van der Waals surface area contributed by atoms with Gasteiger partial charge in [-0.2, -0.15) is 0 Å². The molecule has 0 amide bonds. The van der Waals surface area contributed by atoms with Crippen LogP contribution in [0, 0.1) is 0 Å². The van der Waals surface area contributed by atoms with Crippen molar-refractivity contribution < 1.29 is 14.6 Å². The molecule has 0 atom stereocenters. The molecule has 0 radical (unpaired) electrons. The van der Waals surface area contributed by atoms with Crippen LogP contribution in [-0.4, -0.2) is 23.2 Å². The number of nitrogen functional groups attached to an aromatic ring is 1. The monoisotopic (exact) mass is 278 g/mol. The Morgan fingerprint density at radius 1 is 1.42 bits per heavy atom. The molecule has 98 valence electrons. The van der Waals surface area contributed by atoms with Crippen LogP contribution in [0.4, 0.5) is 5.82 Å². The molecule has 5 nitrogen and oxygen atoms in total. The van der Waals surface area contributed by atoms with Gasteiger partial charge in [-0.25, -0.2) is 9.78 Å². The van der Waals surface area contributed by atoms with E-state index in [2.05, 4.69) is 4.98 Å². The number of hydrogen-bond donors (Lipinski definition) is 2. The molecular formula is C13H11ClN2O3. The van der Waals surface area contributed by atoms with Gasteiger partial charge in [0.15, 0.2) is 0 Å². The van der Waals surface area contributed by atoms with Crippen LogP contribution >= 0.6 is 11.6 Å². The number of carboxylic acids is 1. The zero-order valence-corrected chi connectivity index (χ0v) is 10.8. The van der Waals surface area contributed by atoms with Crippen molar-refractivity contribution in [3.63, 3.8) is 0 Å². The molecule has 0 spiro atoms. The summed E-state index contributed by atoms with van der Waals surface area (Å²) in [5.74, 6) is -0.547. The van der Waals surface area contributed by atoms with Crippen molar-refractivity contribution in [1.29, 1.82) is 0 Å². The third kappa shape index (κ3) is 2.61. The van der Waals surface area contributed by atoms with Crippen LogP contribution in [0.25, 0.3) is 11.1 Å². The number of nitrogens with zero attached hydrogens (tertiary/aromatic N) is 1. The van der Waals surface area contributed by atoms with Crippen LogP contribution in [0.3, 0.4) is 0 Å². The van der Waals surface area contributed by atoms with Crippen molar-refractivity contribution in [3.05, 3.63) is 41.0 Å². The Kier molecular flexibility index (Phi) is 3.57. The molecule has 1 aromatic carbocycles. The SMILES string of the molecule is COc1ccc(Cl)c(-c2cnc(N)c(C(=O)O)c2)c1. The van der Waals surface area contributed by atoms with Crippen LogP contribution in [0.15, 0.2) is 30.5 Å². The average molecular weight is 279 g/mol. The summed E-state index contributed by atoms with van der Waals surface area (Å²) in [6.07, 6.45) is 1.47. The minimum atomic E-state index is -1.13. The Labute approximate surface area is 114 Å². The van der Waals surface area contributed by atoms with E-state index in [1.807, 2.05) is 0 Å². The number of halogens is 1. The normalized spacial score (nSPS) is 10.2. The molecule has 2 rings (SSSR count). The summed E-state index contributed by atoms with van der Waals surface area (Å²) in [4.78, 5) is 14.9. The lowest BCUT2D eigenvalue weighted by atomic mass is 10.1. The number of rotatable bonds is 3. The number of carboxylic acid groups (broad SMARTS) is 1. The Bertz CT molecular complexity index is 644. The number of nitrogens with two attached hydrogens (primary N) is 1. The first kappa shape index (κ1) is 13.2. The van der Waals surface area contributed by atoms with Crippen LogP contribution in [0.2, 0.25) is 5.02 Å². The van der Waals surface area contributed by atoms with E-state index in [1.54, 1.807) is 18.2 Å². The minimum absolute atomic E-state index is 0.0322. The van der Waals surface area contributed by atoms with Crippen molar-refractivity contribution in [2.45, 2.75) is 0 Å². The van der Waals surface area contributed by atoms with Gasteiger partial charge >= 0.3 is 5.97 Å². The number of benzene rings is 1. The molecule has 19 heavy (non-hydrogen) atoms. The third-order valence-corrected chi connectivity index (χ3v) is 2.96. The summed E-state index contributed by atoms with van der Waals surface area (Å²) in [7, 11) is 1.54. The molecule has 1 heterocycles. The molecule has 6 heteroatoms. The van der Waals surface area contributed by atoms with Gasteiger partial charge in [-0.15, -0.1) is 0 Å². The van der Waals surface area contributed by atoms with E-state index >= 15 is 0 Å². The predicted molar refractivity (Wildman–Crippen MR) is 72.6 cm³/mol. The maximum absolute atomic E-state index is 11.0. The summed E-state index contributed by atoms with van der Waals surface area (Å²) in [5, 5.41) is 9.51. The number of anilines is 1. The van der Waals surface area contributed by atoms with Gasteiger partial charge in [-0.1, -0.05) is 11.6 Å². The summed E-state index contributed by atoms with van der Waals surface area (Å²) < 4.78 is 5.11. The van der Waals surface area contributed by atoms with Crippen molar-refractivity contribution in [2.24, 2.45) is 0 Å². The van der Waals surface area contributed by atoms with Gasteiger partial charge in [0.25, 0.3) is 0 Å². The van der Waals surface area contributed by atoms with Crippen molar-refractivity contribution in [2.75, 3.05) is 12.8 Å². The van der Waals surface area contributed by atoms with Crippen molar-refractivity contribution in [3.8, 4) is 16.9 Å². The topological polar surface area (TPSA) is 85.4 Å². The molecule has 0 aliphatic rings. The molecule has 0 saturated carbocycles. The summed E-state index contributed by atoms with van der Waals surface area (Å²) in [6.45, 7) is 0. The molecular weight excluding hydrogens is 268 g/mol. The highest BCUT2D eigenvalue weighted by Gasteiger charge is 2.13. The van der Waals surface area contributed by atoms with E-state index in [9.17, 15) is 4.79 Å². The minimum Gasteiger partial charge on any atom is -0.497 e. The fourth-order valence-electron chi connectivity index (χ4n) is 1.65. The number of aromatic carboxylic acids is 1. The van der Waals surface area contributed by atoms with Crippen LogP contribution in [-0.2, 0) is 0 Å². The van der Waals surface area contributed by atoms with Gasteiger partial charge in [-0.05, 0) is 24.3 Å². The summed E-state index contributed by atoms with van der Waals surface area (Å²) >= 11 is 6.10. The molecule has 0 bridgehead atoms. The Balaban J connectivity index is 2.59. The Morgan fingerprint density at radius 3 is 2.79 bits per heavy atom. The van der Waals surface area contributed by atoms with E-state index in [0.717, 1.165) is 0 Å². The molecule has 0 aliphatic heterocycles. The average Bonchev–Trinajstić information content (AvgIpc) is 2.40. The van der Waals surface area contributed by atoms with Gasteiger partial charge < -0.3 is 15.6 Å². The van der Waals surface area contributed by atoms with Gasteiger partial charge in [-0.3, -0.25) is 0 Å². The Hall–Kier alpha value is -2.27. The first-order valence-electron chi connectivity index (χ1n) is 5.35. The van der Waals surface area contributed by atoms with E-state index in [-0.39, 0.29) is 11.4 Å². The predicted octanol–water partition coefficient (Wildman–Crippen LogP) is 2.69. The van der Waals surface area contributed by atoms with Crippen LogP contribution in [0.5, 0.6) is 5.75 Å². The van der Waals surface area contributed by atoms with E-state index in [4.69, 9.17) is 27.2 Å². The number of hydrogen-bond acceptors (Lipinski definition) is 4. The first-order valence-corrected chi connectivity index (χ1v) is 5.73. The number of pyridine rings is 1. The molecule has 2 aromatic rings. The smallest absolute Gasteiger partial charge is 0.339 e. The van der Waals surface area contributed by atoms with E-state index < -0.39 is 5.97 Å². The largest absolute Gasteiger partial charge is 0.497 e.